The standard InChI is InChI=1S/C13H19BrN2/c1-3-15-12-6-7-16(9-12)13-5-4-11(14)8-10(13)2/h4-5,8,12,15H,3,6-7,9H2,1-2H3. The van der Waals surface area contributed by atoms with E-state index in [1.165, 1.54) is 24.2 Å². The van der Waals surface area contributed by atoms with Crippen LogP contribution in [0.3, 0.4) is 0 Å². The van der Waals surface area contributed by atoms with Gasteiger partial charge >= 0.3 is 0 Å². The predicted molar refractivity (Wildman–Crippen MR) is 73.2 cm³/mol. The molecule has 1 saturated heterocycles. The molecule has 0 amide bonds. The van der Waals surface area contributed by atoms with Gasteiger partial charge in [0.05, 0.1) is 0 Å². The van der Waals surface area contributed by atoms with Crippen molar-refractivity contribution in [3.63, 3.8) is 0 Å². The molecule has 0 saturated carbocycles. The number of likely N-dealkylation sites (N-methyl/N-ethyl adjacent to an activating group) is 1. The number of rotatable bonds is 3. The minimum Gasteiger partial charge on any atom is -0.370 e. The van der Waals surface area contributed by atoms with Crippen LogP contribution in [0.1, 0.15) is 18.9 Å². The molecular formula is C13H19BrN2. The molecule has 0 radical (unpaired) electrons. The van der Waals surface area contributed by atoms with E-state index in [0.717, 1.165) is 17.6 Å². The van der Waals surface area contributed by atoms with Crippen LogP contribution in [0.4, 0.5) is 5.69 Å². The molecule has 1 aromatic carbocycles. The lowest BCUT2D eigenvalue weighted by Crippen LogP contribution is -2.32. The van der Waals surface area contributed by atoms with Crippen LogP contribution < -0.4 is 10.2 Å². The maximum atomic E-state index is 3.52. The van der Waals surface area contributed by atoms with Crippen molar-refractivity contribution < 1.29 is 0 Å². The molecule has 0 bridgehead atoms. The second-order valence-electron chi connectivity index (χ2n) is 4.42. The first-order valence-electron chi connectivity index (χ1n) is 5.95. The van der Waals surface area contributed by atoms with E-state index in [1.54, 1.807) is 0 Å². The second-order valence-corrected chi connectivity index (χ2v) is 5.34. The van der Waals surface area contributed by atoms with Crippen molar-refractivity contribution in [2.75, 3.05) is 24.5 Å². The highest BCUT2D eigenvalue weighted by atomic mass is 79.9. The fraction of sp³-hybridized carbons (Fsp3) is 0.538. The van der Waals surface area contributed by atoms with E-state index in [0.29, 0.717) is 6.04 Å². The molecule has 2 nitrogen and oxygen atoms in total. The van der Waals surface area contributed by atoms with Crippen LogP contribution in [0, 0.1) is 6.92 Å². The summed E-state index contributed by atoms with van der Waals surface area (Å²) in [7, 11) is 0. The minimum absolute atomic E-state index is 0.660. The van der Waals surface area contributed by atoms with Crippen molar-refractivity contribution in [2.45, 2.75) is 26.3 Å². The highest BCUT2D eigenvalue weighted by molar-refractivity contribution is 9.10. The molecule has 3 heteroatoms. The van der Waals surface area contributed by atoms with Gasteiger partial charge in [0.2, 0.25) is 0 Å². The van der Waals surface area contributed by atoms with Gasteiger partial charge in [-0.05, 0) is 43.7 Å². The normalized spacial score (nSPS) is 20.4. The number of aryl methyl sites for hydroxylation is 1. The number of nitrogens with zero attached hydrogens (tertiary/aromatic N) is 1. The van der Waals surface area contributed by atoms with Gasteiger partial charge in [0.25, 0.3) is 0 Å². The lowest BCUT2D eigenvalue weighted by atomic mass is 10.2. The first kappa shape index (κ1) is 11.9. The van der Waals surface area contributed by atoms with Crippen LogP contribution in [0.5, 0.6) is 0 Å². The summed E-state index contributed by atoms with van der Waals surface area (Å²) in [5.41, 5.74) is 2.73. The van der Waals surface area contributed by atoms with Gasteiger partial charge in [-0.25, -0.2) is 0 Å². The van der Waals surface area contributed by atoms with E-state index >= 15 is 0 Å². The number of benzene rings is 1. The van der Waals surface area contributed by atoms with Crippen LogP contribution in [-0.2, 0) is 0 Å². The topological polar surface area (TPSA) is 15.3 Å². The van der Waals surface area contributed by atoms with Crippen LogP contribution in [0.15, 0.2) is 22.7 Å². The number of halogens is 1. The number of nitrogens with one attached hydrogen (secondary N) is 1. The summed E-state index contributed by atoms with van der Waals surface area (Å²) in [6.45, 7) is 7.72. The van der Waals surface area contributed by atoms with Crippen molar-refractivity contribution in [2.24, 2.45) is 0 Å². The summed E-state index contributed by atoms with van der Waals surface area (Å²) in [6.07, 6.45) is 1.25. The Hall–Kier alpha value is -0.540. The van der Waals surface area contributed by atoms with E-state index < -0.39 is 0 Å². The molecule has 2 rings (SSSR count). The van der Waals surface area contributed by atoms with Gasteiger partial charge in [-0.1, -0.05) is 22.9 Å². The van der Waals surface area contributed by atoms with Crippen molar-refractivity contribution in [1.82, 2.24) is 5.32 Å². The van der Waals surface area contributed by atoms with Gasteiger partial charge in [-0.3, -0.25) is 0 Å². The molecule has 16 heavy (non-hydrogen) atoms. The third-order valence-corrected chi connectivity index (χ3v) is 3.67. The van der Waals surface area contributed by atoms with E-state index in [2.05, 4.69) is 58.2 Å². The summed E-state index contributed by atoms with van der Waals surface area (Å²) < 4.78 is 1.16. The highest BCUT2D eigenvalue weighted by Gasteiger charge is 2.22. The zero-order chi connectivity index (χ0) is 11.5. The van der Waals surface area contributed by atoms with Crippen molar-refractivity contribution in [1.29, 1.82) is 0 Å². The van der Waals surface area contributed by atoms with Crippen molar-refractivity contribution in [3.05, 3.63) is 28.2 Å². The molecule has 0 aliphatic carbocycles. The van der Waals surface area contributed by atoms with Crippen molar-refractivity contribution >= 4 is 21.6 Å². The van der Waals surface area contributed by atoms with Crippen LogP contribution in [0.2, 0.25) is 0 Å². The highest BCUT2D eigenvalue weighted by Crippen LogP contribution is 2.26. The predicted octanol–water partition coefficient (Wildman–Crippen LogP) is 2.95. The summed E-state index contributed by atoms with van der Waals surface area (Å²) in [5.74, 6) is 0. The van der Waals surface area contributed by atoms with Gasteiger partial charge < -0.3 is 10.2 Å². The van der Waals surface area contributed by atoms with E-state index in [1.807, 2.05) is 0 Å². The molecule has 1 aliphatic heterocycles. The fourth-order valence-corrected chi connectivity index (χ4v) is 2.88. The smallest absolute Gasteiger partial charge is 0.0397 e. The van der Waals surface area contributed by atoms with Gasteiger partial charge in [-0.2, -0.15) is 0 Å². The van der Waals surface area contributed by atoms with E-state index in [4.69, 9.17) is 0 Å². The van der Waals surface area contributed by atoms with Gasteiger partial charge in [0.1, 0.15) is 0 Å². The summed E-state index contributed by atoms with van der Waals surface area (Å²) in [5, 5.41) is 3.52. The number of hydrogen-bond donors (Lipinski definition) is 1. The summed E-state index contributed by atoms with van der Waals surface area (Å²) >= 11 is 3.51. The average molecular weight is 283 g/mol. The summed E-state index contributed by atoms with van der Waals surface area (Å²) in [4.78, 5) is 2.48. The van der Waals surface area contributed by atoms with Gasteiger partial charge in [0.15, 0.2) is 0 Å². The van der Waals surface area contributed by atoms with E-state index in [9.17, 15) is 0 Å². The molecule has 0 aromatic heterocycles. The molecule has 1 N–H and O–H groups in total. The second kappa shape index (κ2) is 5.19. The monoisotopic (exact) mass is 282 g/mol. The third kappa shape index (κ3) is 2.58. The SMILES string of the molecule is CCNC1CCN(c2ccc(Br)cc2C)C1. The Bertz CT molecular complexity index is 365. The maximum absolute atomic E-state index is 3.52. The molecule has 1 unspecified atom stereocenters. The quantitative estimate of drug-likeness (QED) is 0.917. The number of hydrogen-bond acceptors (Lipinski definition) is 2. The Morgan fingerprint density at radius 1 is 1.50 bits per heavy atom. The Kier molecular flexibility index (Phi) is 3.87. The first-order valence-corrected chi connectivity index (χ1v) is 6.74. The molecule has 0 spiro atoms. The third-order valence-electron chi connectivity index (χ3n) is 3.18. The van der Waals surface area contributed by atoms with E-state index in [-0.39, 0.29) is 0 Å². The molecule has 1 atom stereocenters. The minimum atomic E-state index is 0.660. The molecule has 1 aliphatic rings. The Labute approximate surface area is 106 Å². The van der Waals surface area contributed by atoms with Crippen LogP contribution >= 0.6 is 15.9 Å². The zero-order valence-electron chi connectivity index (χ0n) is 9.96. The molecule has 1 fully saturated rings. The lowest BCUT2D eigenvalue weighted by molar-refractivity contribution is 0.572. The maximum Gasteiger partial charge on any atom is 0.0397 e. The Morgan fingerprint density at radius 2 is 2.31 bits per heavy atom. The summed E-state index contributed by atoms with van der Waals surface area (Å²) in [6, 6.07) is 7.19. The van der Waals surface area contributed by atoms with Crippen LogP contribution in [0.25, 0.3) is 0 Å². The first-order chi connectivity index (χ1) is 7.70. The van der Waals surface area contributed by atoms with Gasteiger partial charge in [0, 0.05) is 29.3 Å². The fourth-order valence-electron chi connectivity index (χ4n) is 2.41. The molecule has 88 valence electrons. The Balaban J connectivity index is 2.08. The Morgan fingerprint density at radius 3 is 3.00 bits per heavy atom. The largest absolute Gasteiger partial charge is 0.370 e. The molecule has 1 aromatic rings. The van der Waals surface area contributed by atoms with Crippen molar-refractivity contribution in [3.8, 4) is 0 Å². The molecule has 1 heterocycles. The average Bonchev–Trinajstić information content (AvgIpc) is 2.67. The zero-order valence-corrected chi connectivity index (χ0v) is 11.5. The lowest BCUT2D eigenvalue weighted by Gasteiger charge is -2.21. The van der Waals surface area contributed by atoms with Crippen LogP contribution in [-0.4, -0.2) is 25.7 Å². The van der Waals surface area contributed by atoms with Gasteiger partial charge in [-0.15, -0.1) is 0 Å². The number of anilines is 1. The molecular weight excluding hydrogens is 264 g/mol.